The van der Waals surface area contributed by atoms with Gasteiger partial charge in [-0.25, -0.2) is 9.78 Å². The molecule has 1 fully saturated rings. The van der Waals surface area contributed by atoms with Crippen molar-refractivity contribution in [1.29, 1.82) is 0 Å². The van der Waals surface area contributed by atoms with Crippen molar-refractivity contribution in [3.63, 3.8) is 0 Å². The van der Waals surface area contributed by atoms with Crippen LogP contribution in [-0.4, -0.2) is 64.9 Å². The molecule has 2 aliphatic heterocycles. The molecule has 0 bridgehead atoms. The molecule has 10 heteroatoms. The van der Waals surface area contributed by atoms with E-state index in [4.69, 9.17) is 19.0 Å². The van der Waals surface area contributed by atoms with Crippen LogP contribution in [0.25, 0.3) is 11.3 Å². The monoisotopic (exact) mass is 494 g/mol. The largest absolute Gasteiger partial charge is 0.494 e. The summed E-state index contributed by atoms with van der Waals surface area (Å²) in [6.45, 7) is 12.3. The summed E-state index contributed by atoms with van der Waals surface area (Å²) < 4.78 is 17.0. The van der Waals surface area contributed by atoms with Gasteiger partial charge < -0.3 is 29.2 Å². The summed E-state index contributed by atoms with van der Waals surface area (Å²) in [5, 5.41) is 2.65. The topological polar surface area (TPSA) is 106 Å². The molecule has 2 aromatic rings. The number of H-pyrrole nitrogens is 1. The van der Waals surface area contributed by atoms with Crippen LogP contribution in [0.4, 0.5) is 4.79 Å². The van der Waals surface area contributed by atoms with Gasteiger partial charge in [0.1, 0.15) is 17.9 Å². The molecule has 2 N–H and O–H groups in total. The lowest BCUT2D eigenvalue weighted by Gasteiger charge is -2.32. The number of alkyl carbamates (subject to hydrolysis) is 1. The molecule has 0 saturated carbocycles. The quantitative estimate of drug-likeness (QED) is 0.472. The molecular weight excluding hydrogens is 459 g/mol. The first kappa shape index (κ1) is 26.0. The highest BCUT2D eigenvalue weighted by molar-refractivity contribution is 6.62. The maximum absolute atomic E-state index is 13.3. The predicted octanol–water partition coefficient (Wildman–Crippen LogP) is 3.20. The molecule has 0 radical (unpaired) electrons. The number of rotatable bonds is 6. The van der Waals surface area contributed by atoms with Gasteiger partial charge in [-0.3, -0.25) is 4.79 Å². The summed E-state index contributed by atoms with van der Waals surface area (Å²) in [4.78, 5) is 34.8. The van der Waals surface area contributed by atoms with Gasteiger partial charge in [-0.05, 0) is 39.1 Å². The van der Waals surface area contributed by atoms with Crippen molar-refractivity contribution in [1.82, 2.24) is 20.2 Å². The minimum Gasteiger partial charge on any atom is -0.453 e. The second kappa shape index (κ2) is 9.74. The SMILES string of the molecule is COC(=O)N[C@H](C(=O)N1CC=C[C@H]1c1nc(-c2ccc(B3OC(C)(C)C(C)(C)O3)cc2)c[nH]1)C(C)C. The Bertz CT molecular complexity index is 1130. The minimum atomic E-state index is -0.697. The Labute approximate surface area is 212 Å². The van der Waals surface area contributed by atoms with E-state index in [0.717, 1.165) is 16.7 Å². The average molecular weight is 494 g/mol. The van der Waals surface area contributed by atoms with Crippen LogP contribution in [0.3, 0.4) is 0 Å². The highest BCUT2D eigenvalue weighted by Gasteiger charge is 2.51. The van der Waals surface area contributed by atoms with E-state index in [1.165, 1.54) is 7.11 Å². The zero-order valence-electron chi connectivity index (χ0n) is 22.0. The van der Waals surface area contributed by atoms with Crippen molar-refractivity contribution < 1.29 is 23.6 Å². The van der Waals surface area contributed by atoms with Crippen molar-refractivity contribution in [2.24, 2.45) is 5.92 Å². The number of amides is 2. The number of benzene rings is 1. The van der Waals surface area contributed by atoms with Gasteiger partial charge in [0.15, 0.2) is 0 Å². The summed E-state index contributed by atoms with van der Waals surface area (Å²) >= 11 is 0. The first-order chi connectivity index (χ1) is 16.9. The first-order valence-electron chi connectivity index (χ1n) is 12.3. The number of aromatic nitrogens is 2. The van der Waals surface area contributed by atoms with Crippen LogP contribution in [0.15, 0.2) is 42.6 Å². The zero-order valence-corrected chi connectivity index (χ0v) is 22.0. The van der Waals surface area contributed by atoms with E-state index in [9.17, 15) is 9.59 Å². The molecule has 1 aromatic heterocycles. The molecule has 2 amide bonds. The lowest BCUT2D eigenvalue weighted by atomic mass is 9.79. The third-order valence-electron chi connectivity index (χ3n) is 7.24. The minimum absolute atomic E-state index is 0.104. The molecular formula is C26H35BN4O5. The van der Waals surface area contributed by atoms with Gasteiger partial charge in [-0.1, -0.05) is 50.3 Å². The summed E-state index contributed by atoms with van der Waals surface area (Å²) in [6, 6.07) is 6.91. The Morgan fingerprint density at radius 3 is 2.39 bits per heavy atom. The third kappa shape index (κ3) is 4.92. The normalized spacial score (nSPS) is 21.2. The van der Waals surface area contributed by atoms with Gasteiger partial charge in [-0.2, -0.15) is 0 Å². The van der Waals surface area contributed by atoms with Gasteiger partial charge in [0.05, 0.1) is 24.0 Å². The molecule has 0 spiro atoms. The molecule has 2 aliphatic rings. The molecule has 0 unspecified atom stereocenters. The lowest BCUT2D eigenvalue weighted by Crippen LogP contribution is -2.51. The summed E-state index contributed by atoms with van der Waals surface area (Å²) in [5.74, 6) is 0.366. The standard InChI is InChI=1S/C26H35BN4O5/c1-16(2)21(30-24(33)34-7)23(32)31-14-8-9-20(31)22-28-15-19(29-22)17-10-12-18(13-11-17)27-35-25(3,4)26(5,6)36-27/h8-13,15-16,20-21H,14H2,1-7H3,(H,28,29)(H,30,33)/t20-,21-/m0/s1. The molecule has 1 aromatic carbocycles. The van der Waals surface area contributed by atoms with Crippen LogP contribution in [-0.2, 0) is 18.8 Å². The Morgan fingerprint density at radius 1 is 1.17 bits per heavy atom. The summed E-state index contributed by atoms with van der Waals surface area (Å²) in [6.07, 6.45) is 5.08. The van der Waals surface area contributed by atoms with E-state index < -0.39 is 30.5 Å². The van der Waals surface area contributed by atoms with Gasteiger partial charge in [0.2, 0.25) is 5.91 Å². The van der Waals surface area contributed by atoms with Crippen LogP contribution in [0.1, 0.15) is 53.4 Å². The number of methoxy groups -OCH3 is 1. The van der Waals surface area contributed by atoms with Crippen LogP contribution in [0.5, 0.6) is 0 Å². The second-order valence-electron chi connectivity index (χ2n) is 10.6. The van der Waals surface area contributed by atoms with E-state index in [-0.39, 0.29) is 17.9 Å². The van der Waals surface area contributed by atoms with Gasteiger partial charge in [0.25, 0.3) is 0 Å². The number of hydrogen-bond acceptors (Lipinski definition) is 6. The molecule has 2 atom stereocenters. The van der Waals surface area contributed by atoms with Crippen LogP contribution >= 0.6 is 0 Å². The third-order valence-corrected chi connectivity index (χ3v) is 7.24. The van der Waals surface area contributed by atoms with Crippen molar-refractivity contribution in [3.8, 4) is 11.3 Å². The van der Waals surface area contributed by atoms with Crippen LogP contribution in [0.2, 0.25) is 0 Å². The highest BCUT2D eigenvalue weighted by atomic mass is 16.7. The number of aromatic amines is 1. The maximum atomic E-state index is 13.3. The van der Waals surface area contributed by atoms with E-state index >= 15 is 0 Å². The van der Waals surface area contributed by atoms with E-state index in [1.807, 2.05) is 84.2 Å². The molecule has 0 aliphatic carbocycles. The van der Waals surface area contributed by atoms with Gasteiger partial charge in [-0.15, -0.1) is 0 Å². The molecule has 9 nitrogen and oxygen atoms in total. The average Bonchev–Trinajstić information content (AvgIpc) is 3.54. The summed E-state index contributed by atoms with van der Waals surface area (Å²) in [7, 11) is 0.860. The maximum Gasteiger partial charge on any atom is 0.494 e. The zero-order chi connectivity index (χ0) is 26.3. The number of carbonyl (C=O) groups excluding carboxylic acids is 2. The Kier molecular flexibility index (Phi) is 7.03. The molecule has 192 valence electrons. The lowest BCUT2D eigenvalue weighted by molar-refractivity contribution is -0.135. The van der Waals surface area contributed by atoms with Crippen molar-refractivity contribution in [2.45, 2.75) is 64.8 Å². The highest BCUT2D eigenvalue weighted by Crippen LogP contribution is 2.36. The molecule has 4 rings (SSSR count). The van der Waals surface area contributed by atoms with Crippen molar-refractivity contribution >= 4 is 24.6 Å². The van der Waals surface area contributed by atoms with E-state index in [2.05, 4.69) is 10.3 Å². The number of imidazole rings is 1. The van der Waals surface area contributed by atoms with Gasteiger partial charge in [0, 0.05) is 18.3 Å². The van der Waals surface area contributed by atoms with Crippen molar-refractivity contribution in [3.05, 3.63) is 48.4 Å². The number of nitrogens with zero attached hydrogens (tertiary/aromatic N) is 2. The molecule has 3 heterocycles. The van der Waals surface area contributed by atoms with Gasteiger partial charge >= 0.3 is 13.2 Å². The van der Waals surface area contributed by atoms with E-state index in [0.29, 0.717) is 12.4 Å². The van der Waals surface area contributed by atoms with Crippen molar-refractivity contribution in [2.75, 3.05) is 13.7 Å². The second-order valence-corrected chi connectivity index (χ2v) is 10.6. The molecule has 1 saturated heterocycles. The fourth-order valence-corrected chi connectivity index (χ4v) is 4.29. The number of carbonyl (C=O) groups is 2. The van der Waals surface area contributed by atoms with Crippen LogP contribution < -0.4 is 10.8 Å². The number of hydrogen-bond donors (Lipinski definition) is 2. The fourth-order valence-electron chi connectivity index (χ4n) is 4.29. The van der Waals surface area contributed by atoms with Crippen LogP contribution in [0, 0.1) is 5.92 Å². The predicted molar refractivity (Wildman–Crippen MR) is 138 cm³/mol. The fraction of sp³-hybridized carbons (Fsp3) is 0.500. The Hall–Kier alpha value is -3.11. The smallest absolute Gasteiger partial charge is 0.453 e. The molecule has 36 heavy (non-hydrogen) atoms. The van der Waals surface area contributed by atoms with E-state index in [1.54, 1.807) is 4.90 Å². The Balaban J connectivity index is 1.49. The first-order valence-corrected chi connectivity index (χ1v) is 12.3. The summed E-state index contributed by atoms with van der Waals surface area (Å²) in [5.41, 5.74) is 1.86. The number of nitrogens with one attached hydrogen (secondary N) is 2. The number of ether oxygens (including phenoxy) is 1. The Morgan fingerprint density at radius 2 is 1.81 bits per heavy atom.